The second kappa shape index (κ2) is 5.84. The van der Waals surface area contributed by atoms with Gasteiger partial charge in [0.25, 0.3) is 0 Å². The Kier molecular flexibility index (Phi) is 4.72. The number of rotatable bonds is 2. The summed E-state index contributed by atoms with van der Waals surface area (Å²) >= 11 is 11.1. The Hall–Kier alpha value is -1.33. The predicted octanol–water partition coefficient (Wildman–Crippen LogP) is 2.64. The number of nitrogens with two attached hydrogens (primary N) is 1. The first-order valence-electron chi connectivity index (χ1n) is 5.12. The summed E-state index contributed by atoms with van der Waals surface area (Å²) in [6, 6.07) is 5.66. The molecule has 0 amide bonds. The molecule has 0 fully saturated rings. The Morgan fingerprint density at radius 1 is 1.47 bits per heavy atom. The molecule has 0 heterocycles. The summed E-state index contributed by atoms with van der Waals surface area (Å²) in [5.74, 6) is 0.108. The number of hydrogen-bond donors (Lipinski definition) is 4. The van der Waals surface area contributed by atoms with Gasteiger partial charge in [-0.25, -0.2) is 0 Å². The van der Waals surface area contributed by atoms with Gasteiger partial charge < -0.3 is 16.4 Å². The molecule has 6 heteroatoms. The third-order valence-corrected chi connectivity index (χ3v) is 2.67. The van der Waals surface area contributed by atoms with Crippen molar-refractivity contribution in [1.29, 1.82) is 5.41 Å². The van der Waals surface area contributed by atoms with Crippen molar-refractivity contribution < 1.29 is 0 Å². The van der Waals surface area contributed by atoms with Crippen LogP contribution in [0.25, 0.3) is 0 Å². The smallest absolute Gasteiger partial charge is 0.192 e. The lowest BCUT2D eigenvalue weighted by atomic mass is 10.0. The van der Waals surface area contributed by atoms with Gasteiger partial charge in [-0.05, 0) is 29.8 Å². The van der Waals surface area contributed by atoms with E-state index in [-0.39, 0.29) is 11.1 Å². The van der Waals surface area contributed by atoms with E-state index < -0.39 is 0 Å². The van der Waals surface area contributed by atoms with Gasteiger partial charge in [-0.1, -0.05) is 37.6 Å². The average molecular weight is 271 g/mol. The number of halogens is 1. The molecule has 0 unspecified atom stereocenters. The van der Waals surface area contributed by atoms with Crippen LogP contribution in [0.3, 0.4) is 0 Å². The van der Waals surface area contributed by atoms with Crippen LogP contribution in [-0.4, -0.2) is 11.1 Å². The van der Waals surface area contributed by atoms with E-state index in [9.17, 15) is 0 Å². The van der Waals surface area contributed by atoms with Crippen LogP contribution in [0.4, 0.5) is 5.69 Å². The van der Waals surface area contributed by atoms with Crippen molar-refractivity contribution in [3.8, 4) is 0 Å². The van der Waals surface area contributed by atoms with Crippen LogP contribution in [0.5, 0.6) is 0 Å². The Morgan fingerprint density at radius 2 is 2.12 bits per heavy atom. The van der Waals surface area contributed by atoms with Crippen LogP contribution in [0.15, 0.2) is 18.2 Å². The minimum atomic E-state index is -0.208. The van der Waals surface area contributed by atoms with Crippen molar-refractivity contribution in [2.24, 2.45) is 5.73 Å². The van der Waals surface area contributed by atoms with Crippen molar-refractivity contribution >= 4 is 40.6 Å². The Morgan fingerprint density at radius 3 is 2.65 bits per heavy atom. The summed E-state index contributed by atoms with van der Waals surface area (Å²) in [5.41, 5.74) is 7.01. The van der Waals surface area contributed by atoms with E-state index in [1.165, 1.54) is 0 Å². The van der Waals surface area contributed by atoms with Crippen LogP contribution >= 0.6 is 23.8 Å². The third-order valence-electron chi connectivity index (χ3n) is 2.15. The van der Waals surface area contributed by atoms with Gasteiger partial charge in [0.1, 0.15) is 0 Å². The topological polar surface area (TPSA) is 73.9 Å². The summed E-state index contributed by atoms with van der Waals surface area (Å²) in [7, 11) is 0. The molecule has 1 aromatic carbocycles. The number of benzene rings is 1. The normalized spacial score (nSPS) is 10.1. The molecule has 0 spiro atoms. The van der Waals surface area contributed by atoms with E-state index in [1.54, 1.807) is 6.07 Å². The van der Waals surface area contributed by atoms with Crippen molar-refractivity contribution in [2.75, 3.05) is 5.32 Å². The van der Waals surface area contributed by atoms with E-state index in [2.05, 4.69) is 24.5 Å². The lowest BCUT2D eigenvalue weighted by molar-refractivity contribution is 0.869. The van der Waals surface area contributed by atoms with Crippen LogP contribution in [0.2, 0.25) is 5.02 Å². The summed E-state index contributed by atoms with van der Waals surface area (Å²) in [5, 5.41) is 13.4. The molecule has 0 atom stereocenters. The van der Waals surface area contributed by atoms with Gasteiger partial charge in [-0.3, -0.25) is 5.41 Å². The third kappa shape index (κ3) is 3.87. The van der Waals surface area contributed by atoms with Gasteiger partial charge in [0.2, 0.25) is 0 Å². The summed E-state index contributed by atoms with van der Waals surface area (Å²) in [6.07, 6.45) is 0. The highest BCUT2D eigenvalue weighted by Gasteiger charge is 2.11. The number of hydrogen-bond acceptors (Lipinski definition) is 2. The van der Waals surface area contributed by atoms with Gasteiger partial charge in [0, 0.05) is 0 Å². The molecule has 0 aliphatic heterocycles. The first kappa shape index (κ1) is 13.7. The fourth-order valence-corrected chi connectivity index (χ4v) is 1.86. The maximum Gasteiger partial charge on any atom is 0.192 e. The molecule has 5 N–H and O–H groups in total. The molecule has 1 rings (SSSR count). The first-order chi connectivity index (χ1) is 7.91. The minimum absolute atomic E-state index is 0.208. The highest BCUT2D eigenvalue weighted by molar-refractivity contribution is 7.80. The average Bonchev–Trinajstić information content (AvgIpc) is 2.19. The molecule has 4 nitrogen and oxygen atoms in total. The molecule has 0 saturated carbocycles. The summed E-state index contributed by atoms with van der Waals surface area (Å²) in [6.45, 7) is 4.14. The van der Waals surface area contributed by atoms with Gasteiger partial charge in [-0.2, -0.15) is 0 Å². The van der Waals surface area contributed by atoms with E-state index in [0.717, 1.165) is 11.3 Å². The Bertz CT molecular complexity index is 445. The fraction of sp³-hybridized carbons (Fsp3) is 0.273. The highest BCUT2D eigenvalue weighted by atomic mass is 35.5. The lowest BCUT2D eigenvalue weighted by Crippen LogP contribution is -2.38. The molecular formula is C11H15ClN4S. The lowest BCUT2D eigenvalue weighted by Gasteiger charge is -2.16. The molecular weight excluding hydrogens is 256 g/mol. The first-order valence-corrected chi connectivity index (χ1v) is 5.91. The SMILES string of the molecule is CC(C)c1cccc(Cl)c1NC(=S)NC(=N)N. The quantitative estimate of drug-likeness (QED) is 0.379. The zero-order chi connectivity index (χ0) is 13.0. The highest BCUT2D eigenvalue weighted by Crippen LogP contribution is 2.30. The monoisotopic (exact) mass is 270 g/mol. The fourth-order valence-electron chi connectivity index (χ4n) is 1.42. The zero-order valence-corrected chi connectivity index (χ0v) is 11.2. The van der Waals surface area contributed by atoms with E-state index in [4.69, 9.17) is 35.0 Å². The van der Waals surface area contributed by atoms with Crippen molar-refractivity contribution in [3.05, 3.63) is 28.8 Å². The summed E-state index contributed by atoms with van der Waals surface area (Å²) in [4.78, 5) is 0. The van der Waals surface area contributed by atoms with Crippen LogP contribution in [0, 0.1) is 5.41 Å². The number of thiocarbonyl (C=S) groups is 1. The standard InChI is InChI=1S/C11H15ClN4S/c1-6(2)7-4-3-5-8(12)9(7)15-11(17)16-10(13)14/h3-6H,1-2H3,(H5,13,14,15,16,17). The number of nitrogens with one attached hydrogen (secondary N) is 3. The van der Waals surface area contributed by atoms with Gasteiger partial charge >= 0.3 is 0 Å². The van der Waals surface area contributed by atoms with Crippen molar-refractivity contribution in [2.45, 2.75) is 19.8 Å². The Balaban J connectivity index is 2.96. The molecule has 0 aliphatic rings. The molecule has 0 aliphatic carbocycles. The molecule has 0 saturated heterocycles. The van der Waals surface area contributed by atoms with Crippen LogP contribution in [-0.2, 0) is 0 Å². The molecule has 92 valence electrons. The predicted molar refractivity (Wildman–Crippen MR) is 76.8 cm³/mol. The van der Waals surface area contributed by atoms with Crippen molar-refractivity contribution in [3.63, 3.8) is 0 Å². The van der Waals surface area contributed by atoms with Crippen molar-refractivity contribution in [1.82, 2.24) is 5.32 Å². The molecule has 0 bridgehead atoms. The van der Waals surface area contributed by atoms with Gasteiger partial charge in [0.05, 0.1) is 10.7 Å². The van der Waals surface area contributed by atoms with Gasteiger partial charge in [-0.15, -0.1) is 0 Å². The maximum absolute atomic E-state index is 7.09. The Labute approximate surface area is 111 Å². The van der Waals surface area contributed by atoms with E-state index >= 15 is 0 Å². The molecule has 17 heavy (non-hydrogen) atoms. The van der Waals surface area contributed by atoms with E-state index in [1.807, 2.05) is 12.1 Å². The molecule has 0 radical (unpaired) electrons. The maximum atomic E-state index is 7.09. The zero-order valence-electron chi connectivity index (χ0n) is 9.67. The molecule has 0 aromatic heterocycles. The number of para-hydroxylation sites is 1. The second-order valence-corrected chi connectivity index (χ2v) is 4.67. The van der Waals surface area contributed by atoms with Gasteiger partial charge in [0.15, 0.2) is 11.1 Å². The summed E-state index contributed by atoms with van der Waals surface area (Å²) < 4.78 is 0. The number of anilines is 1. The second-order valence-electron chi connectivity index (χ2n) is 3.85. The largest absolute Gasteiger partial charge is 0.370 e. The van der Waals surface area contributed by atoms with Crippen LogP contribution < -0.4 is 16.4 Å². The molecule has 1 aromatic rings. The van der Waals surface area contributed by atoms with Crippen LogP contribution in [0.1, 0.15) is 25.3 Å². The minimum Gasteiger partial charge on any atom is -0.370 e. The van der Waals surface area contributed by atoms with E-state index in [0.29, 0.717) is 10.9 Å². The number of guanidine groups is 1.